The van der Waals surface area contributed by atoms with Gasteiger partial charge in [0.2, 0.25) is 0 Å². The van der Waals surface area contributed by atoms with Gasteiger partial charge in [-0.25, -0.2) is 0 Å². The van der Waals surface area contributed by atoms with Crippen molar-refractivity contribution in [3.05, 3.63) is 32.3 Å². The van der Waals surface area contributed by atoms with Crippen molar-refractivity contribution in [3.8, 4) is 5.75 Å². The Labute approximate surface area is 107 Å². The van der Waals surface area contributed by atoms with Gasteiger partial charge in [0.25, 0.3) is 0 Å². The average molecular weight is 302 g/mol. The first-order valence-corrected chi connectivity index (χ1v) is 5.61. The lowest BCUT2D eigenvalue weighted by atomic mass is 10.2. The van der Waals surface area contributed by atoms with E-state index in [1.54, 1.807) is 13.0 Å². The number of ether oxygens (including phenoxy) is 1. The van der Waals surface area contributed by atoms with E-state index >= 15 is 0 Å². The number of nitrogens with one attached hydrogen (secondary N) is 1. The lowest BCUT2D eigenvalue weighted by Crippen LogP contribution is -2.14. The Morgan fingerprint density at radius 1 is 1.65 bits per heavy atom. The van der Waals surface area contributed by atoms with Crippen molar-refractivity contribution < 1.29 is 9.66 Å². The Bertz CT molecular complexity index is 462. The molecule has 0 heterocycles. The zero-order valence-electron chi connectivity index (χ0n) is 9.20. The van der Waals surface area contributed by atoms with Crippen molar-refractivity contribution >= 4 is 27.5 Å². The molecule has 0 fully saturated rings. The highest BCUT2D eigenvalue weighted by atomic mass is 79.9. The number of nitro benzene ring substituents is 1. The van der Waals surface area contributed by atoms with Crippen LogP contribution in [0.5, 0.6) is 5.75 Å². The minimum absolute atomic E-state index is 0.0117. The van der Waals surface area contributed by atoms with Crippen LogP contribution in [0.2, 0.25) is 0 Å². The van der Waals surface area contributed by atoms with E-state index in [1.807, 2.05) is 0 Å². The van der Waals surface area contributed by atoms with Gasteiger partial charge >= 0.3 is 5.69 Å². The lowest BCUT2D eigenvalue weighted by molar-refractivity contribution is -0.386. The highest BCUT2D eigenvalue weighted by Gasteiger charge is 2.18. The molecule has 0 spiro atoms. The molecular formula is C10H12BrN3O3. The van der Waals surface area contributed by atoms with Crippen LogP contribution in [0.1, 0.15) is 12.0 Å². The van der Waals surface area contributed by atoms with E-state index < -0.39 is 4.92 Å². The van der Waals surface area contributed by atoms with Crippen LogP contribution < -0.4 is 10.5 Å². The summed E-state index contributed by atoms with van der Waals surface area (Å²) in [6.07, 6.45) is 0.243. The van der Waals surface area contributed by atoms with Crippen LogP contribution >= 0.6 is 15.9 Å². The fourth-order valence-electron chi connectivity index (χ4n) is 1.30. The summed E-state index contributed by atoms with van der Waals surface area (Å²) in [7, 11) is 0. The molecule has 92 valence electrons. The molecule has 0 aromatic heterocycles. The third-order valence-electron chi connectivity index (χ3n) is 2.03. The smallest absolute Gasteiger partial charge is 0.312 e. The van der Waals surface area contributed by atoms with Crippen molar-refractivity contribution in [2.75, 3.05) is 6.61 Å². The third kappa shape index (κ3) is 3.70. The fourth-order valence-corrected chi connectivity index (χ4v) is 1.86. The van der Waals surface area contributed by atoms with Gasteiger partial charge in [0.1, 0.15) is 0 Å². The summed E-state index contributed by atoms with van der Waals surface area (Å²) in [5, 5.41) is 17.9. The topological polar surface area (TPSA) is 102 Å². The number of hydrogen-bond donors (Lipinski definition) is 2. The maximum absolute atomic E-state index is 10.9. The van der Waals surface area contributed by atoms with Crippen LogP contribution in [-0.4, -0.2) is 17.4 Å². The van der Waals surface area contributed by atoms with Gasteiger partial charge in [-0.05, 0) is 18.6 Å². The molecule has 0 aliphatic carbocycles. The molecule has 0 amide bonds. The standard InChI is InChI=1S/C10H12BrN3O3/c1-6-4-7(11)5-8(14(15)16)10(6)17-3-2-9(12)13/h4-5H,2-3H2,1H3,(H3,12,13). The molecule has 0 atom stereocenters. The van der Waals surface area contributed by atoms with E-state index in [-0.39, 0.29) is 30.3 Å². The second-order valence-corrected chi connectivity index (χ2v) is 4.37. The Morgan fingerprint density at radius 3 is 2.82 bits per heavy atom. The van der Waals surface area contributed by atoms with Crippen molar-refractivity contribution in [1.29, 1.82) is 5.41 Å². The predicted molar refractivity (Wildman–Crippen MR) is 67.6 cm³/mol. The molecule has 3 N–H and O–H groups in total. The molecular weight excluding hydrogens is 290 g/mol. The summed E-state index contributed by atoms with van der Waals surface area (Å²) >= 11 is 3.19. The Hall–Kier alpha value is -1.63. The maximum Gasteiger partial charge on any atom is 0.312 e. The van der Waals surface area contributed by atoms with Gasteiger partial charge in [0.05, 0.1) is 17.4 Å². The minimum Gasteiger partial charge on any atom is -0.486 e. The van der Waals surface area contributed by atoms with Crippen molar-refractivity contribution in [2.45, 2.75) is 13.3 Å². The van der Waals surface area contributed by atoms with E-state index in [2.05, 4.69) is 15.9 Å². The minimum atomic E-state index is -0.499. The Balaban J connectivity index is 2.96. The molecule has 17 heavy (non-hydrogen) atoms. The second kappa shape index (κ2) is 5.62. The first-order chi connectivity index (χ1) is 7.91. The Kier molecular flexibility index (Phi) is 4.45. The highest BCUT2D eigenvalue weighted by Crippen LogP contribution is 2.34. The number of benzene rings is 1. The number of rotatable bonds is 5. The summed E-state index contributed by atoms with van der Waals surface area (Å²) in [6, 6.07) is 3.12. The van der Waals surface area contributed by atoms with Gasteiger partial charge in [-0.15, -0.1) is 0 Å². The summed E-state index contributed by atoms with van der Waals surface area (Å²) in [5.74, 6) is 0.210. The predicted octanol–water partition coefficient (Wildman–Crippen LogP) is 2.37. The van der Waals surface area contributed by atoms with Crippen LogP contribution in [0.3, 0.4) is 0 Å². The normalized spacial score (nSPS) is 10.0. The molecule has 7 heteroatoms. The molecule has 0 bridgehead atoms. The largest absolute Gasteiger partial charge is 0.486 e. The van der Waals surface area contributed by atoms with E-state index in [1.165, 1.54) is 6.07 Å². The van der Waals surface area contributed by atoms with E-state index in [0.29, 0.717) is 10.0 Å². The summed E-state index contributed by atoms with van der Waals surface area (Å²) in [5.41, 5.74) is 5.74. The molecule has 0 saturated heterocycles. The summed E-state index contributed by atoms with van der Waals surface area (Å²) in [6.45, 7) is 1.87. The van der Waals surface area contributed by atoms with Crippen molar-refractivity contribution in [1.82, 2.24) is 0 Å². The van der Waals surface area contributed by atoms with Gasteiger partial charge in [-0.1, -0.05) is 15.9 Å². The molecule has 0 radical (unpaired) electrons. The SMILES string of the molecule is Cc1cc(Br)cc([N+](=O)[O-])c1OCCC(=N)N. The van der Waals surface area contributed by atoms with Gasteiger partial charge in [0.15, 0.2) is 5.75 Å². The quantitative estimate of drug-likeness (QED) is 0.377. The van der Waals surface area contributed by atoms with Crippen molar-refractivity contribution in [3.63, 3.8) is 0 Å². The van der Waals surface area contributed by atoms with Crippen LogP contribution in [0.15, 0.2) is 16.6 Å². The number of hydrogen-bond acceptors (Lipinski definition) is 4. The molecule has 1 aromatic carbocycles. The summed E-state index contributed by atoms with van der Waals surface area (Å²) in [4.78, 5) is 10.4. The van der Waals surface area contributed by atoms with E-state index in [0.717, 1.165) is 0 Å². The van der Waals surface area contributed by atoms with Crippen molar-refractivity contribution in [2.24, 2.45) is 5.73 Å². The first kappa shape index (κ1) is 13.4. The second-order valence-electron chi connectivity index (χ2n) is 3.45. The zero-order valence-corrected chi connectivity index (χ0v) is 10.8. The van der Waals surface area contributed by atoms with Crippen LogP contribution in [-0.2, 0) is 0 Å². The molecule has 6 nitrogen and oxygen atoms in total. The van der Waals surface area contributed by atoms with Crippen LogP contribution in [0.25, 0.3) is 0 Å². The fraction of sp³-hybridized carbons (Fsp3) is 0.300. The average Bonchev–Trinajstić information content (AvgIpc) is 2.19. The maximum atomic E-state index is 10.9. The number of nitro groups is 1. The van der Waals surface area contributed by atoms with Crippen LogP contribution in [0, 0.1) is 22.4 Å². The molecule has 0 saturated carbocycles. The lowest BCUT2D eigenvalue weighted by Gasteiger charge is -2.09. The molecule has 0 unspecified atom stereocenters. The number of halogens is 1. The van der Waals surface area contributed by atoms with Gasteiger partial charge < -0.3 is 10.5 Å². The number of amidine groups is 1. The van der Waals surface area contributed by atoms with Gasteiger partial charge in [0, 0.05) is 17.0 Å². The first-order valence-electron chi connectivity index (χ1n) is 4.82. The van der Waals surface area contributed by atoms with Gasteiger partial charge in [-0.2, -0.15) is 0 Å². The molecule has 0 aliphatic rings. The Morgan fingerprint density at radius 2 is 2.29 bits per heavy atom. The molecule has 1 rings (SSSR count). The molecule has 0 aliphatic heterocycles. The monoisotopic (exact) mass is 301 g/mol. The van der Waals surface area contributed by atoms with E-state index in [4.69, 9.17) is 15.9 Å². The molecule has 1 aromatic rings. The number of aryl methyl sites for hydroxylation is 1. The summed E-state index contributed by atoms with van der Waals surface area (Å²) < 4.78 is 5.94. The highest BCUT2D eigenvalue weighted by molar-refractivity contribution is 9.10. The number of nitrogens with two attached hydrogens (primary N) is 1. The number of nitrogens with zero attached hydrogens (tertiary/aromatic N) is 1. The third-order valence-corrected chi connectivity index (χ3v) is 2.49. The van der Waals surface area contributed by atoms with Crippen LogP contribution in [0.4, 0.5) is 5.69 Å². The zero-order chi connectivity index (χ0) is 13.0. The van der Waals surface area contributed by atoms with Gasteiger partial charge in [-0.3, -0.25) is 15.5 Å². The van der Waals surface area contributed by atoms with E-state index in [9.17, 15) is 10.1 Å².